The van der Waals surface area contributed by atoms with Gasteiger partial charge in [-0.2, -0.15) is 0 Å². The summed E-state index contributed by atoms with van der Waals surface area (Å²) in [4.78, 5) is 20.9. The largest absolute Gasteiger partial charge is 0.459 e. The third-order valence-corrected chi connectivity index (χ3v) is 7.18. The van der Waals surface area contributed by atoms with Crippen LogP contribution in [-0.4, -0.2) is 43.3 Å². The first-order valence-corrected chi connectivity index (χ1v) is 14.5. The monoisotopic (exact) mass is 554 g/mol. The van der Waals surface area contributed by atoms with Gasteiger partial charge in [0.15, 0.2) is 0 Å². The minimum atomic E-state index is -0.569. The molecule has 0 aliphatic heterocycles. The zero-order valence-electron chi connectivity index (χ0n) is 26.5. The van der Waals surface area contributed by atoms with E-state index in [2.05, 4.69) is 89.0 Å². The Hall–Kier alpha value is -2.68. The molecule has 5 heteroatoms. The standard InChI is InChI=1S/C13H22O2.C13H18O.C9H14O2/c1-6-7-10-8-12(2,3)11(14)13(4,9-10)15-5;1-10(2)12-5-4-6-13(9-12)11(3)7-8-14;1-3-4-5-6-7-8-9(10)11-2/h6,9,11,14H,1,7-8H2,2-5H3;4-6,8-11H,7H2,1-3H3;3-6H2,1-2H3. The molecule has 0 bridgehead atoms. The van der Waals surface area contributed by atoms with Crippen LogP contribution >= 0.6 is 0 Å². The first-order valence-electron chi connectivity index (χ1n) is 14.5. The number of carbonyl (C=O) groups excluding carboxylic acids is 2. The van der Waals surface area contributed by atoms with E-state index in [9.17, 15) is 14.7 Å². The van der Waals surface area contributed by atoms with Crippen LogP contribution in [0, 0.1) is 17.3 Å². The Labute approximate surface area is 244 Å². The normalized spacial score (nSPS) is 19.8. The van der Waals surface area contributed by atoms with Gasteiger partial charge in [0, 0.05) is 25.9 Å². The summed E-state index contributed by atoms with van der Waals surface area (Å²) in [6.07, 6.45) is 11.1. The summed E-state index contributed by atoms with van der Waals surface area (Å²) in [6.45, 7) is 18.4. The van der Waals surface area contributed by atoms with Crippen molar-refractivity contribution in [1.29, 1.82) is 0 Å². The van der Waals surface area contributed by atoms with Crippen LogP contribution in [-0.2, 0) is 19.1 Å². The van der Waals surface area contributed by atoms with Gasteiger partial charge < -0.3 is 19.4 Å². The summed E-state index contributed by atoms with van der Waals surface area (Å²) in [5.41, 5.74) is 3.20. The Balaban J connectivity index is 0.000000578. The predicted octanol–water partition coefficient (Wildman–Crippen LogP) is 7.93. The molecule has 40 heavy (non-hydrogen) atoms. The third kappa shape index (κ3) is 13.6. The Morgan fingerprint density at radius 1 is 1.18 bits per heavy atom. The number of aliphatic hydroxyl groups is 1. The highest BCUT2D eigenvalue weighted by Gasteiger charge is 2.45. The van der Waals surface area contributed by atoms with E-state index in [1.165, 1.54) is 36.7 Å². The molecule has 2 rings (SSSR count). The lowest BCUT2D eigenvalue weighted by Gasteiger charge is -2.45. The van der Waals surface area contributed by atoms with Crippen molar-refractivity contribution >= 4 is 12.3 Å². The number of esters is 1. The highest BCUT2D eigenvalue weighted by molar-refractivity contribution is 5.88. The van der Waals surface area contributed by atoms with Gasteiger partial charge in [0.1, 0.15) is 11.9 Å². The molecule has 0 aromatic heterocycles. The molecule has 0 saturated heterocycles. The second-order valence-corrected chi connectivity index (χ2v) is 11.6. The zero-order valence-corrected chi connectivity index (χ0v) is 26.5. The number of carbonyl (C=O) groups is 2. The second kappa shape index (κ2) is 19.4. The van der Waals surface area contributed by atoms with Gasteiger partial charge in [-0.25, -0.2) is 4.79 Å². The van der Waals surface area contributed by atoms with Gasteiger partial charge in [0.25, 0.3) is 0 Å². The number of rotatable bonds is 10. The Morgan fingerprint density at radius 2 is 1.82 bits per heavy atom. The van der Waals surface area contributed by atoms with Crippen LogP contribution in [0.5, 0.6) is 0 Å². The molecule has 5 nitrogen and oxygen atoms in total. The molecule has 0 amide bonds. The summed E-state index contributed by atoms with van der Waals surface area (Å²) >= 11 is 0. The average molecular weight is 555 g/mol. The predicted molar refractivity (Wildman–Crippen MR) is 166 cm³/mol. The molecule has 1 N–H and O–H groups in total. The fourth-order valence-electron chi connectivity index (χ4n) is 4.63. The molecule has 3 atom stereocenters. The van der Waals surface area contributed by atoms with Gasteiger partial charge in [0.05, 0.1) is 13.2 Å². The van der Waals surface area contributed by atoms with Crippen LogP contribution < -0.4 is 0 Å². The molecule has 1 aliphatic carbocycles. The Bertz CT molecular complexity index is 995. The summed E-state index contributed by atoms with van der Waals surface area (Å²) in [5.74, 6) is 5.58. The van der Waals surface area contributed by atoms with E-state index < -0.39 is 17.7 Å². The van der Waals surface area contributed by atoms with Crippen molar-refractivity contribution < 1.29 is 24.2 Å². The number of hydrogen-bond acceptors (Lipinski definition) is 5. The molecule has 0 heterocycles. The van der Waals surface area contributed by atoms with Crippen LogP contribution in [0.1, 0.15) is 116 Å². The molecule has 1 aromatic carbocycles. The molecular formula is C35H54O5. The van der Waals surface area contributed by atoms with Gasteiger partial charge in [-0.05, 0) is 54.6 Å². The van der Waals surface area contributed by atoms with Crippen LogP contribution in [0.3, 0.4) is 0 Å². The second-order valence-electron chi connectivity index (χ2n) is 11.6. The number of hydrogen-bond donors (Lipinski definition) is 1. The number of aliphatic hydroxyl groups excluding tert-OH is 1. The number of unbranched alkanes of at least 4 members (excludes halogenated alkanes) is 3. The molecule has 0 fully saturated rings. The summed E-state index contributed by atoms with van der Waals surface area (Å²) in [6, 6.07) is 8.52. The molecule has 3 unspecified atom stereocenters. The lowest BCUT2D eigenvalue weighted by Crippen LogP contribution is -2.51. The molecule has 1 aromatic rings. The minimum absolute atomic E-state index is 0.141. The molecular weight excluding hydrogens is 500 g/mol. The number of allylic oxidation sites excluding steroid dienone is 2. The zero-order chi connectivity index (χ0) is 30.8. The number of ether oxygens (including phenoxy) is 2. The maximum atomic E-state index is 10.4. The lowest BCUT2D eigenvalue weighted by molar-refractivity contribution is -0.133. The van der Waals surface area contributed by atoms with Gasteiger partial charge in [-0.15, -0.1) is 6.58 Å². The summed E-state index contributed by atoms with van der Waals surface area (Å²) in [7, 11) is 2.98. The van der Waals surface area contributed by atoms with E-state index in [4.69, 9.17) is 4.74 Å². The molecule has 1 aliphatic rings. The fourth-order valence-corrected chi connectivity index (χ4v) is 4.63. The number of benzene rings is 1. The average Bonchev–Trinajstić information content (AvgIpc) is 2.92. The molecule has 0 radical (unpaired) electrons. The SMILES string of the molecule is C=CCC1=CC(C)(OC)C(O)C(C)(C)C1.CC(C)c1cccc(C(C)CC=O)c1.CCCCCC#CC(=O)OC. The van der Waals surface area contributed by atoms with Crippen LogP contribution in [0.25, 0.3) is 0 Å². The van der Waals surface area contributed by atoms with Crippen molar-refractivity contribution in [2.45, 2.75) is 117 Å². The number of aldehydes is 1. The van der Waals surface area contributed by atoms with Crippen molar-refractivity contribution in [3.63, 3.8) is 0 Å². The Kier molecular flexibility index (Phi) is 18.1. The smallest absolute Gasteiger partial charge is 0.384 e. The van der Waals surface area contributed by atoms with Crippen molar-refractivity contribution in [2.75, 3.05) is 14.2 Å². The van der Waals surface area contributed by atoms with Gasteiger partial charge in [-0.3, -0.25) is 0 Å². The van der Waals surface area contributed by atoms with Crippen molar-refractivity contribution in [2.24, 2.45) is 5.41 Å². The van der Waals surface area contributed by atoms with Crippen LogP contribution in [0.15, 0.2) is 48.6 Å². The van der Waals surface area contributed by atoms with Crippen LogP contribution in [0.2, 0.25) is 0 Å². The lowest BCUT2D eigenvalue weighted by atomic mass is 9.68. The molecule has 0 spiro atoms. The maximum absolute atomic E-state index is 10.4. The van der Waals surface area contributed by atoms with E-state index in [0.29, 0.717) is 18.3 Å². The van der Waals surface area contributed by atoms with Gasteiger partial charge in [0.2, 0.25) is 0 Å². The summed E-state index contributed by atoms with van der Waals surface area (Å²) < 4.78 is 9.79. The van der Waals surface area contributed by atoms with Gasteiger partial charge in [-0.1, -0.05) is 102 Å². The van der Waals surface area contributed by atoms with E-state index in [1.54, 1.807) is 7.11 Å². The van der Waals surface area contributed by atoms with E-state index in [1.807, 2.05) is 19.1 Å². The molecule has 0 saturated carbocycles. The Morgan fingerprint density at radius 3 is 2.35 bits per heavy atom. The maximum Gasteiger partial charge on any atom is 0.384 e. The van der Waals surface area contributed by atoms with Gasteiger partial charge >= 0.3 is 5.97 Å². The first-order chi connectivity index (χ1) is 18.8. The van der Waals surface area contributed by atoms with E-state index >= 15 is 0 Å². The van der Waals surface area contributed by atoms with E-state index in [0.717, 1.165) is 32.0 Å². The summed E-state index contributed by atoms with van der Waals surface area (Å²) in [5, 5.41) is 10.2. The van der Waals surface area contributed by atoms with E-state index in [-0.39, 0.29) is 5.41 Å². The van der Waals surface area contributed by atoms with Crippen molar-refractivity contribution in [1.82, 2.24) is 0 Å². The first kappa shape index (κ1) is 37.3. The quantitative estimate of drug-likeness (QED) is 0.0794. The fraction of sp³-hybridized carbons (Fsp3) is 0.600. The molecule has 224 valence electrons. The highest BCUT2D eigenvalue weighted by Crippen LogP contribution is 2.42. The minimum Gasteiger partial charge on any atom is -0.459 e. The highest BCUT2D eigenvalue weighted by atomic mass is 16.5. The van der Waals surface area contributed by atoms with Crippen LogP contribution in [0.4, 0.5) is 0 Å². The van der Waals surface area contributed by atoms with Crippen molar-refractivity contribution in [3.8, 4) is 11.8 Å². The third-order valence-electron chi connectivity index (χ3n) is 7.18. The topological polar surface area (TPSA) is 72.8 Å². The van der Waals surface area contributed by atoms with Crippen molar-refractivity contribution in [3.05, 3.63) is 59.7 Å². The number of methoxy groups -OCH3 is 2.